The van der Waals surface area contributed by atoms with E-state index >= 15 is 0 Å². The molecule has 0 unspecified atom stereocenters. The average Bonchev–Trinajstić information content (AvgIpc) is 2.61. The number of nitrogens with zero attached hydrogens (tertiary/aromatic N) is 1. The van der Waals surface area contributed by atoms with Crippen molar-refractivity contribution in [3.05, 3.63) is 0 Å². The number of hydrogen-bond acceptors (Lipinski definition) is 2. The summed E-state index contributed by atoms with van der Waals surface area (Å²) in [7, 11) is -7.55. The Kier molecular flexibility index (Phi) is 10.6. The minimum absolute atomic E-state index is 1.28. The number of alkyl halides is 13. The van der Waals surface area contributed by atoms with Gasteiger partial charge in [0, 0.05) is 0 Å². The molecule has 0 aromatic heterocycles. The molecule has 0 bridgehead atoms. The molecule has 0 atom stereocenters. The summed E-state index contributed by atoms with van der Waals surface area (Å²) in [4.78, 5) is 0. The van der Waals surface area contributed by atoms with E-state index in [2.05, 4.69) is 27.7 Å². The third kappa shape index (κ3) is 6.76. The molecule has 18 heteroatoms. The van der Waals surface area contributed by atoms with Crippen molar-refractivity contribution in [2.45, 2.75) is 69.2 Å². The van der Waals surface area contributed by atoms with E-state index in [1.807, 2.05) is 0 Å². The maximum absolute atomic E-state index is 12.9. The van der Waals surface area contributed by atoms with Crippen LogP contribution in [0.25, 0.3) is 0 Å². The summed E-state index contributed by atoms with van der Waals surface area (Å²) in [6, 6.07) is 0. The molecule has 33 heavy (non-hydrogen) atoms. The van der Waals surface area contributed by atoms with E-state index < -0.39 is 51.7 Å². The van der Waals surface area contributed by atoms with Crippen molar-refractivity contribution >= 4 is 10.1 Å². The van der Waals surface area contributed by atoms with Gasteiger partial charge in [0.25, 0.3) is 0 Å². The van der Waals surface area contributed by atoms with Crippen LogP contribution in [-0.4, -0.2) is 78.8 Å². The van der Waals surface area contributed by atoms with Crippen LogP contribution in [0.1, 0.15) is 34.1 Å². The molecular formula is C15H23F13NO3S+. The lowest BCUT2D eigenvalue weighted by atomic mass is 9.96. The normalized spacial score (nSPS) is 15.2. The van der Waals surface area contributed by atoms with Crippen molar-refractivity contribution in [3.63, 3.8) is 0 Å². The first kappa shape index (κ1) is 34.1. The summed E-state index contributed by atoms with van der Waals surface area (Å²) >= 11 is 0. The van der Waals surface area contributed by atoms with Crippen LogP contribution in [0.4, 0.5) is 57.1 Å². The summed E-state index contributed by atoms with van der Waals surface area (Å²) in [6.07, 6.45) is -10.4. The minimum Gasteiger partial charge on any atom is -0.325 e. The molecular weight excluding hydrogens is 521 g/mol. The van der Waals surface area contributed by atoms with Crippen LogP contribution in [0, 0.1) is 0 Å². The van der Waals surface area contributed by atoms with E-state index in [0.717, 1.165) is 0 Å². The molecule has 1 N–H and O–H groups in total. The molecule has 0 aromatic rings. The van der Waals surface area contributed by atoms with Crippen molar-refractivity contribution in [3.8, 4) is 0 Å². The maximum atomic E-state index is 12.9. The van der Waals surface area contributed by atoms with Crippen LogP contribution in [-0.2, 0) is 10.1 Å². The first-order chi connectivity index (χ1) is 14.2. The highest BCUT2D eigenvalue weighted by molar-refractivity contribution is 7.87. The minimum atomic E-state index is -8.02. The zero-order chi connectivity index (χ0) is 27.5. The van der Waals surface area contributed by atoms with Gasteiger partial charge in [-0.25, -0.2) is 0 Å². The van der Waals surface area contributed by atoms with Gasteiger partial charge in [-0.3, -0.25) is 4.55 Å². The Labute approximate surface area is 181 Å². The molecule has 0 spiro atoms. The van der Waals surface area contributed by atoms with Gasteiger partial charge >= 0.3 is 45.2 Å². The molecule has 4 nitrogen and oxygen atoms in total. The van der Waals surface area contributed by atoms with E-state index in [-0.39, 0.29) is 0 Å². The van der Waals surface area contributed by atoms with Crippen molar-refractivity contribution in [2.75, 3.05) is 26.2 Å². The van der Waals surface area contributed by atoms with Gasteiger partial charge in [0.2, 0.25) is 0 Å². The van der Waals surface area contributed by atoms with Gasteiger partial charge in [-0.2, -0.15) is 65.5 Å². The molecule has 0 aromatic carbocycles. The van der Waals surface area contributed by atoms with Gasteiger partial charge < -0.3 is 4.48 Å². The summed E-state index contributed by atoms with van der Waals surface area (Å²) in [5, 5.41) is -7.43. The molecule has 202 valence electrons. The Morgan fingerprint density at radius 3 is 1.09 bits per heavy atom. The highest BCUT2D eigenvalue weighted by Gasteiger charge is 2.89. The average molecular weight is 544 g/mol. The first-order valence-electron chi connectivity index (χ1n) is 8.98. The lowest BCUT2D eigenvalue weighted by molar-refractivity contribution is -0.921. The monoisotopic (exact) mass is 544 g/mol. The highest BCUT2D eigenvalue weighted by Crippen LogP contribution is 2.59. The maximum Gasteiger partial charge on any atom is 0.438 e. The lowest BCUT2D eigenvalue weighted by Crippen LogP contribution is -2.69. The van der Waals surface area contributed by atoms with Crippen molar-refractivity contribution in [1.82, 2.24) is 0 Å². The van der Waals surface area contributed by atoms with Gasteiger partial charge in [-0.15, -0.1) is 0 Å². The fourth-order valence-electron chi connectivity index (χ4n) is 2.48. The zero-order valence-electron chi connectivity index (χ0n) is 17.6. The lowest BCUT2D eigenvalue weighted by Gasteiger charge is -2.38. The Balaban J connectivity index is 0. The van der Waals surface area contributed by atoms with Gasteiger partial charge in [-0.1, -0.05) is 0 Å². The largest absolute Gasteiger partial charge is 0.438 e. The molecule has 0 aliphatic carbocycles. The third-order valence-electron chi connectivity index (χ3n) is 5.04. The second-order valence-electron chi connectivity index (χ2n) is 6.82. The van der Waals surface area contributed by atoms with Crippen LogP contribution >= 0.6 is 0 Å². The molecule has 0 radical (unpaired) electrons. The fraction of sp³-hybridized carbons (Fsp3) is 1.00. The van der Waals surface area contributed by atoms with Crippen molar-refractivity contribution in [2.24, 2.45) is 0 Å². The van der Waals surface area contributed by atoms with Crippen LogP contribution < -0.4 is 0 Å². The van der Waals surface area contributed by atoms with Crippen LogP contribution in [0.15, 0.2) is 0 Å². The predicted octanol–water partition coefficient (Wildman–Crippen LogP) is 5.84. The molecule has 0 saturated heterocycles. The quantitative estimate of drug-likeness (QED) is 0.214. The molecule has 0 heterocycles. The predicted molar refractivity (Wildman–Crippen MR) is 89.4 cm³/mol. The molecule has 0 fully saturated rings. The third-order valence-corrected chi connectivity index (χ3v) is 5.95. The molecule has 0 aliphatic heterocycles. The zero-order valence-corrected chi connectivity index (χ0v) is 18.4. The standard InChI is InChI=1S/C8H20N.C7H3F13O3S/c1-5-9(6-2,7-3)8-4;8-2(9,1-3(10,11)12)4(13,14)5(15,16)6(17,18)7(19,20)24(21,22)23/h5-8H2,1-4H3;1H2,(H,21,22,23)/q+1;. The molecule has 0 aliphatic rings. The highest BCUT2D eigenvalue weighted by atomic mass is 32.2. The smallest absolute Gasteiger partial charge is 0.325 e. The Morgan fingerprint density at radius 1 is 0.606 bits per heavy atom. The SMILES string of the molecule is CC[N+](CC)(CC)CC.O=S(=O)(O)C(F)(F)C(F)(F)C(F)(F)C(F)(F)C(F)(F)CC(F)(F)F. The number of hydrogen-bond donors (Lipinski definition) is 1. The van der Waals surface area contributed by atoms with Gasteiger partial charge in [0.15, 0.2) is 0 Å². The first-order valence-corrected chi connectivity index (χ1v) is 10.4. The van der Waals surface area contributed by atoms with E-state index in [1.54, 1.807) is 0 Å². The summed E-state index contributed by atoms with van der Waals surface area (Å²) in [6.45, 7) is 14.2. The Hall–Kier alpha value is -1.04. The second kappa shape index (κ2) is 10.3. The Morgan fingerprint density at radius 2 is 0.909 bits per heavy atom. The van der Waals surface area contributed by atoms with Crippen molar-refractivity contribution < 1.29 is 74.5 Å². The van der Waals surface area contributed by atoms with Gasteiger partial charge in [0.05, 0.1) is 26.2 Å². The summed E-state index contributed by atoms with van der Waals surface area (Å²) < 4.78 is 191. The fourth-order valence-corrected chi connectivity index (χ4v) is 2.93. The van der Waals surface area contributed by atoms with E-state index in [1.165, 1.54) is 30.7 Å². The molecule has 0 amide bonds. The van der Waals surface area contributed by atoms with E-state index in [4.69, 9.17) is 4.55 Å². The van der Waals surface area contributed by atoms with Gasteiger partial charge in [0.1, 0.15) is 6.42 Å². The topological polar surface area (TPSA) is 54.4 Å². The van der Waals surface area contributed by atoms with Crippen molar-refractivity contribution in [1.29, 1.82) is 0 Å². The summed E-state index contributed by atoms with van der Waals surface area (Å²) in [5.41, 5.74) is 0. The Bertz CT molecular complexity index is 714. The summed E-state index contributed by atoms with van der Waals surface area (Å²) in [5.74, 6) is -30.7. The second-order valence-corrected chi connectivity index (χ2v) is 8.28. The van der Waals surface area contributed by atoms with Gasteiger partial charge in [-0.05, 0) is 27.7 Å². The van der Waals surface area contributed by atoms with E-state index in [9.17, 15) is 65.5 Å². The van der Waals surface area contributed by atoms with E-state index in [0.29, 0.717) is 0 Å². The number of rotatable bonds is 10. The van der Waals surface area contributed by atoms with Crippen LogP contribution in [0.3, 0.4) is 0 Å². The number of quaternary nitrogens is 1. The van der Waals surface area contributed by atoms with Crippen LogP contribution in [0.2, 0.25) is 0 Å². The number of halogens is 13. The van der Waals surface area contributed by atoms with Crippen LogP contribution in [0.5, 0.6) is 0 Å². The molecule has 0 rings (SSSR count). The molecule has 0 saturated carbocycles.